The molecular formula is C17H24N2O4. The molecule has 1 aromatic rings. The summed E-state index contributed by atoms with van der Waals surface area (Å²) in [6.07, 6.45) is 1.14. The number of amides is 2. The first-order valence-corrected chi connectivity index (χ1v) is 7.69. The Labute approximate surface area is 136 Å². The van der Waals surface area contributed by atoms with Gasteiger partial charge in [-0.15, -0.1) is 0 Å². The van der Waals surface area contributed by atoms with Crippen LogP contribution in [0, 0.1) is 0 Å². The van der Waals surface area contributed by atoms with Gasteiger partial charge in [0.1, 0.15) is 5.60 Å². The Balaban J connectivity index is 2.36. The Bertz CT molecular complexity index is 607. The molecule has 0 unspecified atom stereocenters. The number of rotatable bonds is 2. The monoisotopic (exact) mass is 320 g/mol. The van der Waals surface area contributed by atoms with Gasteiger partial charge in [-0.3, -0.25) is 14.5 Å². The molecule has 1 aliphatic rings. The maximum atomic E-state index is 12.4. The standard InChI is InChI=1S/C17H24N2O4/c1-17(2,3)23-16(21)19-11-7-9-12-13(8-6-10-14(12)19)15(20)18(4)22-5/h6,8,10H,7,9,11H2,1-5H3. The highest BCUT2D eigenvalue weighted by Crippen LogP contribution is 2.31. The third-order valence-electron chi connectivity index (χ3n) is 3.65. The molecule has 6 heteroatoms. The highest BCUT2D eigenvalue weighted by atomic mass is 16.7. The maximum absolute atomic E-state index is 12.4. The topological polar surface area (TPSA) is 59.1 Å². The lowest BCUT2D eigenvalue weighted by Gasteiger charge is -2.32. The number of hydrogen-bond donors (Lipinski definition) is 0. The molecule has 0 radical (unpaired) electrons. The fourth-order valence-corrected chi connectivity index (χ4v) is 2.58. The van der Waals surface area contributed by atoms with Crippen molar-refractivity contribution in [1.29, 1.82) is 0 Å². The number of ether oxygens (including phenoxy) is 1. The van der Waals surface area contributed by atoms with Crippen LogP contribution in [-0.2, 0) is 16.0 Å². The summed E-state index contributed by atoms with van der Waals surface area (Å²) in [6.45, 7) is 6.09. The predicted octanol–water partition coefficient (Wildman–Crippen LogP) is 3.01. The average Bonchev–Trinajstić information content (AvgIpc) is 2.50. The van der Waals surface area contributed by atoms with E-state index in [-0.39, 0.29) is 12.0 Å². The van der Waals surface area contributed by atoms with Crippen molar-refractivity contribution in [2.45, 2.75) is 39.2 Å². The SMILES string of the molecule is CON(C)C(=O)c1cccc2c1CCCN2C(=O)OC(C)(C)C. The number of nitrogens with zero attached hydrogens (tertiary/aromatic N) is 2. The molecule has 0 saturated carbocycles. The second-order valence-electron chi connectivity index (χ2n) is 6.52. The summed E-state index contributed by atoms with van der Waals surface area (Å²) >= 11 is 0. The number of anilines is 1. The summed E-state index contributed by atoms with van der Waals surface area (Å²) in [7, 11) is 3.01. The number of hydroxylamine groups is 2. The molecule has 0 N–H and O–H groups in total. The summed E-state index contributed by atoms with van der Waals surface area (Å²) in [5, 5.41) is 1.18. The molecule has 1 heterocycles. The smallest absolute Gasteiger partial charge is 0.414 e. The molecule has 0 fully saturated rings. The number of carbonyl (C=O) groups is 2. The third kappa shape index (κ3) is 3.82. The zero-order chi connectivity index (χ0) is 17.2. The first-order chi connectivity index (χ1) is 10.7. The molecule has 0 aliphatic carbocycles. The van der Waals surface area contributed by atoms with Crippen LogP contribution in [0.25, 0.3) is 0 Å². The van der Waals surface area contributed by atoms with Gasteiger partial charge in [0.2, 0.25) is 0 Å². The van der Waals surface area contributed by atoms with Crippen LogP contribution in [0.2, 0.25) is 0 Å². The van der Waals surface area contributed by atoms with Gasteiger partial charge in [0.15, 0.2) is 0 Å². The molecule has 0 atom stereocenters. The molecular weight excluding hydrogens is 296 g/mol. The summed E-state index contributed by atoms with van der Waals surface area (Å²) in [5.41, 5.74) is 1.60. The summed E-state index contributed by atoms with van der Waals surface area (Å²) in [5.74, 6) is -0.226. The van der Waals surface area contributed by atoms with Crippen molar-refractivity contribution >= 4 is 17.7 Å². The highest BCUT2D eigenvalue weighted by molar-refractivity contribution is 5.99. The summed E-state index contributed by atoms with van der Waals surface area (Å²) in [6, 6.07) is 5.38. The Morgan fingerprint density at radius 1 is 1.26 bits per heavy atom. The molecule has 1 aromatic carbocycles. The zero-order valence-corrected chi connectivity index (χ0v) is 14.4. The van der Waals surface area contributed by atoms with E-state index in [0.717, 1.165) is 24.1 Å². The lowest BCUT2D eigenvalue weighted by atomic mass is 9.96. The highest BCUT2D eigenvalue weighted by Gasteiger charge is 2.30. The van der Waals surface area contributed by atoms with Crippen molar-refractivity contribution in [1.82, 2.24) is 5.06 Å². The van der Waals surface area contributed by atoms with Crippen LogP contribution in [0.5, 0.6) is 0 Å². The lowest BCUT2D eigenvalue weighted by molar-refractivity contribution is -0.0757. The van der Waals surface area contributed by atoms with E-state index in [1.54, 1.807) is 24.1 Å². The van der Waals surface area contributed by atoms with Crippen LogP contribution < -0.4 is 4.90 Å². The van der Waals surface area contributed by atoms with Gasteiger partial charge in [0, 0.05) is 19.2 Å². The van der Waals surface area contributed by atoms with Gasteiger partial charge >= 0.3 is 6.09 Å². The fraction of sp³-hybridized carbons (Fsp3) is 0.529. The van der Waals surface area contributed by atoms with Gasteiger partial charge in [-0.1, -0.05) is 6.07 Å². The minimum Gasteiger partial charge on any atom is -0.443 e. The normalized spacial score (nSPS) is 14.2. The third-order valence-corrected chi connectivity index (χ3v) is 3.65. The zero-order valence-electron chi connectivity index (χ0n) is 14.4. The van der Waals surface area contributed by atoms with Crippen LogP contribution in [0.3, 0.4) is 0 Å². The second kappa shape index (κ2) is 6.58. The van der Waals surface area contributed by atoms with E-state index >= 15 is 0 Å². The minimum absolute atomic E-state index is 0.226. The first kappa shape index (κ1) is 17.3. The van der Waals surface area contributed by atoms with Crippen molar-refractivity contribution in [3.05, 3.63) is 29.3 Å². The number of carbonyl (C=O) groups excluding carboxylic acids is 2. The van der Waals surface area contributed by atoms with Crippen molar-refractivity contribution in [2.24, 2.45) is 0 Å². The van der Waals surface area contributed by atoms with Crippen LogP contribution in [0.4, 0.5) is 10.5 Å². The van der Waals surface area contributed by atoms with E-state index in [9.17, 15) is 9.59 Å². The average molecular weight is 320 g/mol. The predicted molar refractivity (Wildman–Crippen MR) is 87.4 cm³/mol. The number of benzene rings is 1. The Kier molecular flexibility index (Phi) is 4.94. The van der Waals surface area contributed by atoms with Crippen LogP contribution in [0.1, 0.15) is 43.1 Å². The Morgan fingerprint density at radius 2 is 1.96 bits per heavy atom. The summed E-state index contributed by atoms with van der Waals surface area (Å²) < 4.78 is 5.47. The van der Waals surface area contributed by atoms with E-state index in [0.29, 0.717) is 12.1 Å². The van der Waals surface area contributed by atoms with E-state index in [2.05, 4.69) is 0 Å². The molecule has 126 valence electrons. The van der Waals surface area contributed by atoms with Gasteiger partial charge in [0.05, 0.1) is 12.8 Å². The van der Waals surface area contributed by atoms with E-state index in [1.807, 2.05) is 26.8 Å². The van der Waals surface area contributed by atoms with Gasteiger partial charge in [0.25, 0.3) is 5.91 Å². The van der Waals surface area contributed by atoms with Crippen molar-refractivity contribution < 1.29 is 19.2 Å². The molecule has 0 saturated heterocycles. The molecule has 0 spiro atoms. The van der Waals surface area contributed by atoms with Crippen LogP contribution in [-0.4, -0.2) is 43.4 Å². The molecule has 1 aliphatic heterocycles. The lowest BCUT2D eigenvalue weighted by Crippen LogP contribution is -2.40. The molecule has 2 amide bonds. The number of fused-ring (bicyclic) bond motifs is 1. The summed E-state index contributed by atoms with van der Waals surface area (Å²) in [4.78, 5) is 31.4. The first-order valence-electron chi connectivity index (χ1n) is 7.69. The molecule has 2 rings (SSSR count). The van der Waals surface area contributed by atoms with E-state index in [1.165, 1.54) is 12.2 Å². The van der Waals surface area contributed by atoms with Crippen molar-refractivity contribution in [3.8, 4) is 0 Å². The van der Waals surface area contributed by atoms with Gasteiger partial charge in [-0.25, -0.2) is 9.86 Å². The van der Waals surface area contributed by atoms with Gasteiger partial charge in [-0.2, -0.15) is 0 Å². The van der Waals surface area contributed by atoms with E-state index in [4.69, 9.17) is 9.57 Å². The molecule has 0 bridgehead atoms. The van der Waals surface area contributed by atoms with Crippen molar-refractivity contribution in [3.63, 3.8) is 0 Å². The van der Waals surface area contributed by atoms with E-state index < -0.39 is 5.60 Å². The molecule has 6 nitrogen and oxygen atoms in total. The van der Waals surface area contributed by atoms with Crippen LogP contribution >= 0.6 is 0 Å². The minimum atomic E-state index is -0.557. The van der Waals surface area contributed by atoms with Crippen molar-refractivity contribution in [2.75, 3.05) is 25.6 Å². The number of hydrogen-bond acceptors (Lipinski definition) is 4. The Hall–Kier alpha value is -2.08. The fourth-order valence-electron chi connectivity index (χ4n) is 2.58. The largest absolute Gasteiger partial charge is 0.443 e. The molecule has 23 heavy (non-hydrogen) atoms. The second-order valence-corrected chi connectivity index (χ2v) is 6.52. The Morgan fingerprint density at radius 3 is 2.57 bits per heavy atom. The quantitative estimate of drug-likeness (QED) is 0.786. The van der Waals surface area contributed by atoms with Crippen LogP contribution in [0.15, 0.2) is 18.2 Å². The maximum Gasteiger partial charge on any atom is 0.414 e. The molecule has 0 aromatic heterocycles. The van der Waals surface area contributed by atoms with Gasteiger partial charge < -0.3 is 4.74 Å². The van der Waals surface area contributed by atoms with Gasteiger partial charge in [-0.05, 0) is 51.3 Å².